The van der Waals surface area contributed by atoms with Crippen molar-refractivity contribution in [2.24, 2.45) is 5.92 Å². The highest BCUT2D eigenvalue weighted by Crippen LogP contribution is 2.43. The summed E-state index contributed by atoms with van der Waals surface area (Å²) >= 11 is 0. The lowest BCUT2D eigenvalue weighted by Crippen LogP contribution is -2.40. The van der Waals surface area contributed by atoms with Crippen LogP contribution >= 0.6 is 0 Å². The minimum absolute atomic E-state index is 0.0113. The molecule has 0 radical (unpaired) electrons. The van der Waals surface area contributed by atoms with Gasteiger partial charge in [-0.15, -0.1) is 0 Å². The Bertz CT molecular complexity index is 1460. The maximum atomic E-state index is 13.5. The highest BCUT2D eigenvalue weighted by atomic mass is 32.2. The molecule has 1 N–H and O–H groups in total. The van der Waals surface area contributed by atoms with Crippen LogP contribution in [0.25, 0.3) is 11.3 Å². The topological polar surface area (TPSA) is 114 Å². The van der Waals surface area contributed by atoms with Crippen molar-refractivity contribution in [3.8, 4) is 17.1 Å². The number of rotatable bonds is 7. The summed E-state index contributed by atoms with van der Waals surface area (Å²) in [6.45, 7) is 7.74. The smallest absolute Gasteiger partial charge is 0.281 e. The quantitative estimate of drug-likeness (QED) is 0.442. The van der Waals surface area contributed by atoms with Crippen molar-refractivity contribution in [3.05, 3.63) is 59.9 Å². The summed E-state index contributed by atoms with van der Waals surface area (Å²) in [4.78, 5) is 29.3. The predicted octanol–water partition coefficient (Wildman–Crippen LogP) is 4.91. The van der Waals surface area contributed by atoms with Gasteiger partial charge in [0.15, 0.2) is 5.03 Å². The third-order valence-electron chi connectivity index (χ3n) is 7.46. The highest BCUT2D eigenvalue weighted by Gasteiger charge is 2.42. The van der Waals surface area contributed by atoms with Gasteiger partial charge in [0, 0.05) is 35.6 Å². The number of hydrogen-bond donors (Lipinski definition) is 1. The van der Waals surface area contributed by atoms with E-state index in [0.717, 1.165) is 31.2 Å². The van der Waals surface area contributed by atoms with Gasteiger partial charge in [0.2, 0.25) is 5.88 Å². The van der Waals surface area contributed by atoms with Crippen molar-refractivity contribution in [3.63, 3.8) is 0 Å². The highest BCUT2D eigenvalue weighted by molar-refractivity contribution is 7.90. The first kappa shape index (κ1) is 27.1. The van der Waals surface area contributed by atoms with Gasteiger partial charge >= 0.3 is 0 Å². The molecule has 3 atom stereocenters. The molecule has 10 heteroatoms. The average Bonchev–Trinajstić information content (AvgIpc) is 3.23. The third kappa shape index (κ3) is 5.75. The Hall–Kier alpha value is -3.53. The number of pyridine rings is 3. The second kappa shape index (κ2) is 10.9. The number of carbonyl (C=O) groups is 1. The average molecular weight is 550 g/mol. The van der Waals surface area contributed by atoms with E-state index in [1.165, 1.54) is 12.5 Å². The second-order valence-electron chi connectivity index (χ2n) is 10.8. The third-order valence-corrected chi connectivity index (χ3v) is 8.70. The number of ether oxygens (including phenoxy) is 1. The molecule has 3 aromatic heterocycles. The lowest BCUT2D eigenvalue weighted by molar-refractivity contribution is 0.0981. The molecule has 0 spiro atoms. The summed E-state index contributed by atoms with van der Waals surface area (Å²) in [5, 5.41) is -0.196. The molecule has 4 heterocycles. The maximum Gasteiger partial charge on any atom is 0.281 e. The molecule has 0 bridgehead atoms. The molecule has 1 aliphatic heterocycles. The van der Waals surface area contributed by atoms with Crippen LogP contribution in [0.15, 0.2) is 53.7 Å². The largest absolute Gasteiger partial charge is 0.475 e. The van der Waals surface area contributed by atoms with E-state index in [9.17, 15) is 13.2 Å². The van der Waals surface area contributed by atoms with Crippen LogP contribution in [0.5, 0.6) is 5.88 Å². The van der Waals surface area contributed by atoms with E-state index in [4.69, 9.17) is 9.72 Å². The SMILES string of the molecule is Cc1cccc(S(=O)(=O)NC(=O)c2ccc(-c3ccc(OC(C)C)nc3)nc2N2C(C)CC3CCCCC32)n1. The number of nitrogens with zero attached hydrogens (tertiary/aromatic N) is 4. The zero-order chi connectivity index (χ0) is 27.7. The number of carbonyl (C=O) groups excluding carboxylic acids is 1. The van der Waals surface area contributed by atoms with Crippen LogP contribution < -0.4 is 14.4 Å². The number of aryl methyl sites for hydroxylation is 1. The molecule has 2 aliphatic rings. The van der Waals surface area contributed by atoms with Gasteiger partial charge in [0.25, 0.3) is 15.9 Å². The molecule has 3 aromatic rings. The number of sulfonamides is 1. The predicted molar refractivity (Wildman–Crippen MR) is 149 cm³/mol. The molecule has 0 aromatic carbocycles. The lowest BCUT2D eigenvalue weighted by atomic mass is 9.85. The Morgan fingerprint density at radius 1 is 1.08 bits per heavy atom. The van der Waals surface area contributed by atoms with E-state index < -0.39 is 15.9 Å². The van der Waals surface area contributed by atoms with Crippen LogP contribution in [-0.4, -0.2) is 47.5 Å². The zero-order valence-electron chi connectivity index (χ0n) is 22.8. The Labute approximate surface area is 230 Å². The van der Waals surface area contributed by atoms with Gasteiger partial charge in [0.05, 0.1) is 17.4 Å². The van der Waals surface area contributed by atoms with E-state index in [0.29, 0.717) is 29.0 Å². The van der Waals surface area contributed by atoms with Crippen LogP contribution in [0, 0.1) is 12.8 Å². The number of anilines is 1. The second-order valence-corrected chi connectivity index (χ2v) is 12.4. The fraction of sp³-hybridized carbons (Fsp3) is 0.448. The Morgan fingerprint density at radius 2 is 1.87 bits per heavy atom. The van der Waals surface area contributed by atoms with Crippen LogP contribution in [0.1, 0.15) is 68.9 Å². The normalized spacial score (nSPS) is 21.1. The summed E-state index contributed by atoms with van der Waals surface area (Å²) in [5.41, 5.74) is 2.20. The molecule has 3 unspecified atom stereocenters. The first-order valence-corrected chi connectivity index (χ1v) is 15.0. The molecule has 9 nitrogen and oxygen atoms in total. The molecule has 1 aliphatic carbocycles. The summed E-state index contributed by atoms with van der Waals surface area (Å²) in [6.07, 6.45) is 7.25. The molecule has 5 rings (SSSR count). The number of fused-ring (bicyclic) bond motifs is 1. The van der Waals surface area contributed by atoms with Crippen LogP contribution in [-0.2, 0) is 10.0 Å². The number of amides is 1. The fourth-order valence-corrected chi connectivity index (χ4v) is 6.78. The first-order valence-electron chi connectivity index (χ1n) is 13.6. The number of nitrogens with one attached hydrogen (secondary N) is 1. The molecule has 1 saturated heterocycles. The summed E-state index contributed by atoms with van der Waals surface area (Å²) in [6, 6.07) is 12.2. The van der Waals surface area contributed by atoms with E-state index in [-0.39, 0.29) is 28.8 Å². The number of hydrogen-bond acceptors (Lipinski definition) is 8. The molecule has 39 heavy (non-hydrogen) atoms. The van der Waals surface area contributed by atoms with Gasteiger partial charge < -0.3 is 9.64 Å². The van der Waals surface area contributed by atoms with Crippen LogP contribution in [0.2, 0.25) is 0 Å². The molecular weight excluding hydrogens is 514 g/mol. The Morgan fingerprint density at radius 3 is 2.59 bits per heavy atom. The molecule has 2 fully saturated rings. The van der Waals surface area contributed by atoms with Crippen LogP contribution in [0.3, 0.4) is 0 Å². The van der Waals surface area contributed by atoms with E-state index >= 15 is 0 Å². The Kier molecular flexibility index (Phi) is 7.57. The van der Waals surface area contributed by atoms with Gasteiger partial charge in [-0.1, -0.05) is 18.9 Å². The standard InChI is InChI=1S/C29H35N5O4S/c1-18(2)38-26-15-12-22(17-30-26)24-14-13-23(29(35)33-39(36,37)27-11-7-8-19(3)31-27)28(32-24)34-20(4)16-21-9-5-6-10-25(21)34/h7-8,11-15,17-18,20-21,25H,5-6,9-10,16H2,1-4H3,(H,33,35). The zero-order valence-corrected chi connectivity index (χ0v) is 23.6. The van der Waals surface area contributed by atoms with Crippen molar-refractivity contribution in [2.75, 3.05) is 4.90 Å². The molecule has 206 valence electrons. The van der Waals surface area contributed by atoms with Crippen molar-refractivity contribution >= 4 is 21.7 Å². The van der Waals surface area contributed by atoms with Crippen molar-refractivity contribution < 1.29 is 17.9 Å². The van der Waals surface area contributed by atoms with E-state index in [1.54, 1.807) is 43.5 Å². The van der Waals surface area contributed by atoms with E-state index in [2.05, 4.69) is 26.5 Å². The van der Waals surface area contributed by atoms with Crippen molar-refractivity contribution in [2.45, 2.75) is 83.0 Å². The summed E-state index contributed by atoms with van der Waals surface area (Å²) in [7, 11) is -4.17. The van der Waals surface area contributed by atoms with Crippen molar-refractivity contribution in [1.82, 2.24) is 19.7 Å². The lowest BCUT2D eigenvalue weighted by Gasteiger charge is -2.35. The minimum Gasteiger partial charge on any atom is -0.475 e. The number of aromatic nitrogens is 3. The van der Waals surface area contributed by atoms with Gasteiger partial charge in [0.1, 0.15) is 5.82 Å². The van der Waals surface area contributed by atoms with Gasteiger partial charge in [-0.2, -0.15) is 8.42 Å². The molecular formula is C29H35N5O4S. The summed E-state index contributed by atoms with van der Waals surface area (Å²) < 4.78 is 34.0. The Balaban J connectivity index is 1.53. The molecule has 1 saturated carbocycles. The van der Waals surface area contributed by atoms with Gasteiger partial charge in [-0.05, 0) is 83.2 Å². The fourth-order valence-electron chi connectivity index (χ4n) is 5.80. The van der Waals surface area contributed by atoms with E-state index in [1.807, 2.05) is 19.9 Å². The van der Waals surface area contributed by atoms with Crippen LogP contribution in [0.4, 0.5) is 5.82 Å². The first-order chi connectivity index (χ1) is 18.6. The minimum atomic E-state index is -4.17. The van der Waals surface area contributed by atoms with Gasteiger partial charge in [-0.3, -0.25) is 4.79 Å². The monoisotopic (exact) mass is 549 g/mol. The maximum absolute atomic E-state index is 13.5. The van der Waals surface area contributed by atoms with Gasteiger partial charge in [-0.25, -0.2) is 19.7 Å². The molecule has 1 amide bonds. The van der Waals surface area contributed by atoms with Crippen molar-refractivity contribution in [1.29, 1.82) is 0 Å². The summed E-state index contributed by atoms with van der Waals surface area (Å²) in [5.74, 6) is 0.835.